The average molecular weight is 380 g/mol. The first-order valence-electron chi connectivity index (χ1n) is 7.42. The van der Waals surface area contributed by atoms with Crippen molar-refractivity contribution in [2.24, 2.45) is 0 Å². The van der Waals surface area contributed by atoms with Crippen LogP contribution in [-0.4, -0.2) is 23.4 Å². The summed E-state index contributed by atoms with van der Waals surface area (Å²) in [5, 5.41) is 10.6. The lowest BCUT2D eigenvalue weighted by molar-refractivity contribution is -0.385. The van der Waals surface area contributed by atoms with E-state index in [2.05, 4.69) is 0 Å². The monoisotopic (exact) mass is 380 g/mol. The Kier molecular flexibility index (Phi) is 3.91. The summed E-state index contributed by atoms with van der Waals surface area (Å²) >= 11 is 1.11. The van der Waals surface area contributed by atoms with Crippen molar-refractivity contribution in [3.63, 3.8) is 0 Å². The summed E-state index contributed by atoms with van der Waals surface area (Å²) < 4.78 is 37.8. The number of anilines is 1. The Balaban J connectivity index is 1.84. The van der Waals surface area contributed by atoms with Crippen molar-refractivity contribution < 1.29 is 28.0 Å². The van der Waals surface area contributed by atoms with Gasteiger partial charge in [0.2, 0.25) is 12.7 Å². The fourth-order valence-corrected chi connectivity index (χ4v) is 4.08. The van der Waals surface area contributed by atoms with Crippen LogP contribution in [0.2, 0.25) is 0 Å². The maximum atomic E-state index is 14.2. The van der Waals surface area contributed by atoms with Crippen molar-refractivity contribution in [3.8, 4) is 11.5 Å². The molecule has 1 atom stereocenters. The van der Waals surface area contributed by atoms with Gasteiger partial charge in [-0.15, -0.1) is 11.8 Å². The van der Waals surface area contributed by atoms with E-state index in [1.165, 1.54) is 12.1 Å². The van der Waals surface area contributed by atoms with Gasteiger partial charge >= 0.3 is 0 Å². The first-order valence-corrected chi connectivity index (χ1v) is 8.47. The molecule has 2 aromatic carbocycles. The Hall–Kier alpha value is -2.88. The highest BCUT2D eigenvalue weighted by Gasteiger charge is 2.40. The van der Waals surface area contributed by atoms with Crippen LogP contribution in [0.25, 0.3) is 0 Å². The van der Waals surface area contributed by atoms with Gasteiger partial charge in [0.25, 0.3) is 5.69 Å². The molecule has 2 aromatic rings. The van der Waals surface area contributed by atoms with Gasteiger partial charge in [0.15, 0.2) is 11.5 Å². The first kappa shape index (κ1) is 16.6. The molecule has 0 aromatic heterocycles. The van der Waals surface area contributed by atoms with Crippen LogP contribution in [0, 0.1) is 21.7 Å². The molecule has 1 fully saturated rings. The summed E-state index contributed by atoms with van der Waals surface area (Å²) in [7, 11) is 0. The Bertz CT molecular complexity index is 939. The second-order valence-corrected chi connectivity index (χ2v) is 6.61. The number of nitrogens with zero attached hydrogens (tertiary/aromatic N) is 2. The van der Waals surface area contributed by atoms with Crippen LogP contribution in [-0.2, 0) is 4.79 Å². The fraction of sp³-hybridized carbons (Fsp3) is 0.188. The minimum atomic E-state index is -0.922. The van der Waals surface area contributed by atoms with Gasteiger partial charge in [-0.25, -0.2) is 8.78 Å². The van der Waals surface area contributed by atoms with Crippen molar-refractivity contribution in [2.75, 3.05) is 17.4 Å². The lowest BCUT2D eigenvalue weighted by Crippen LogP contribution is -2.29. The summed E-state index contributed by atoms with van der Waals surface area (Å²) in [6.45, 7) is -0.0665. The molecule has 2 aliphatic rings. The van der Waals surface area contributed by atoms with E-state index in [1.807, 2.05) is 0 Å². The van der Waals surface area contributed by atoms with E-state index in [0.29, 0.717) is 11.8 Å². The molecule has 0 unspecified atom stereocenters. The predicted molar refractivity (Wildman–Crippen MR) is 88.3 cm³/mol. The van der Waals surface area contributed by atoms with E-state index < -0.39 is 27.8 Å². The molecule has 0 spiro atoms. The molecule has 0 aliphatic carbocycles. The SMILES string of the molecule is O=C1CS[C@@H](c2cc3c(cc2[N+](=O)[O-])OCO3)N1c1ccc(F)cc1F. The normalized spacial score (nSPS) is 18.5. The third kappa shape index (κ3) is 2.62. The molecule has 0 saturated carbocycles. The van der Waals surface area contributed by atoms with Gasteiger partial charge in [0.1, 0.15) is 17.0 Å². The van der Waals surface area contributed by atoms with Crippen LogP contribution in [0.3, 0.4) is 0 Å². The van der Waals surface area contributed by atoms with Crippen LogP contribution in [0.15, 0.2) is 30.3 Å². The highest BCUT2D eigenvalue weighted by atomic mass is 32.2. The van der Waals surface area contributed by atoms with Gasteiger partial charge < -0.3 is 9.47 Å². The first-order chi connectivity index (χ1) is 12.5. The van der Waals surface area contributed by atoms with Crippen molar-refractivity contribution in [2.45, 2.75) is 5.37 Å². The summed E-state index contributed by atoms with van der Waals surface area (Å²) in [4.78, 5) is 24.3. The number of nitro groups is 1. The number of rotatable bonds is 3. The molecule has 2 heterocycles. The largest absolute Gasteiger partial charge is 0.454 e. The zero-order valence-electron chi connectivity index (χ0n) is 13.0. The minimum absolute atomic E-state index is 0.00702. The Labute approximate surface area is 149 Å². The molecule has 10 heteroatoms. The number of benzene rings is 2. The highest BCUT2D eigenvalue weighted by molar-refractivity contribution is 8.00. The zero-order chi connectivity index (χ0) is 18.4. The van der Waals surface area contributed by atoms with Crippen LogP contribution in [0.4, 0.5) is 20.2 Å². The van der Waals surface area contributed by atoms with Gasteiger partial charge in [-0.1, -0.05) is 0 Å². The average Bonchev–Trinajstić information content (AvgIpc) is 3.20. The lowest BCUT2D eigenvalue weighted by atomic mass is 10.1. The molecule has 0 radical (unpaired) electrons. The second-order valence-electron chi connectivity index (χ2n) is 5.54. The number of halogens is 2. The van der Waals surface area contributed by atoms with Gasteiger partial charge in [-0.2, -0.15) is 0 Å². The third-order valence-electron chi connectivity index (χ3n) is 4.02. The Morgan fingerprint density at radius 2 is 1.92 bits per heavy atom. The van der Waals surface area contributed by atoms with Crippen molar-refractivity contribution >= 4 is 29.0 Å². The second kappa shape index (κ2) is 6.13. The molecular formula is C16H10F2N2O5S. The van der Waals surface area contributed by atoms with Crippen molar-refractivity contribution in [3.05, 3.63) is 57.6 Å². The summed E-state index contributed by atoms with van der Waals surface area (Å²) in [6.07, 6.45) is 0. The van der Waals surface area contributed by atoms with Crippen LogP contribution in [0.5, 0.6) is 11.5 Å². The molecular weight excluding hydrogens is 370 g/mol. The smallest absolute Gasteiger partial charge is 0.279 e. The number of hydrogen-bond donors (Lipinski definition) is 0. The third-order valence-corrected chi connectivity index (χ3v) is 5.22. The van der Waals surface area contributed by atoms with Crippen LogP contribution < -0.4 is 14.4 Å². The maximum Gasteiger partial charge on any atom is 0.279 e. The zero-order valence-corrected chi connectivity index (χ0v) is 13.8. The maximum absolute atomic E-state index is 14.2. The van der Waals surface area contributed by atoms with E-state index in [9.17, 15) is 23.7 Å². The van der Waals surface area contributed by atoms with Gasteiger partial charge in [0.05, 0.1) is 28.0 Å². The topological polar surface area (TPSA) is 81.9 Å². The molecule has 26 heavy (non-hydrogen) atoms. The summed E-state index contributed by atoms with van der Waals surface area (Å²) in [6, 6.07) is 5.47. The number of ether oxygens (including phenoxy) is 2. The van der Waals surface area contributed by atoms with Gasteiger partial charge in [0, 0.05) is 6.07 Å². The summed E-state index contributed by atoms with van der Waals surface area (Å²) in [5.74, 6) is -1.59. The molecule has 2 aliphatic heterocycles. The number of hydrogen-bond acceptors (Lipinski definition) is 6. The predicted octanol–water partition coefficient (Wildman–Crippen LogP) is 3.38. The quantitative estimate of drug-likeness (QED) is 0.600. The standard InChI is InChI=1S/C16H10F2N2O5S/c17-8-1-2-11(10(18)3-8)19-15(21)6-26-16(19)9-4-13-14(25-7-24-13)5-12(9)20(22)23/h1-5,16H,6-7H2/t16-/m0/s1. The molecule has 1 amide bonds. The van der Waals surface area contributed by atoms with Crippen LogP contribution in [0.1, 0.15) is 10.9 Å². The number of fused-ring (bicyclic) bond motifs is 1. The molecule has 0 bridgehead atoms. The molecule has 134 valence electrons. The van der Waals surface area contributed by atoms with Gasteiger partial charge in [-0.3, -0.25) is 19.8 Å². The van der Waals surface area contributed by atoms with Crippen molar-refractivity contribution in [1.82, 2.24) is 0 Å². The Morgan fingerprint density at radius 3 is 2.62 bits per heavy atom. The number of carbonyl (C=O) groups is 1. The number of amides is 1. The van der Waals surface area contributed by atoms with Gasteiger partial charge in [-0.05, 0) is 18.2 Å². The molecule has 1 saturated heterocycles. The minimum Gasteiger partial charge on any atom is -0.454 e. The number of thioether (sulfide) groups is 1. The van der Waals surface area contributed by atoms with E-state index in [4.69, 9.17) is 9.47 Å². The van der Waals surface area contributed by atoms with E-state index in [-0.39, 0.29) is 35.2 Å². The van der Waals surface area contributed by atoms with E-state index in [1.54, 1.807) is 0 Å². The molecule has 7 nitrogen and oxygen atoms in total. The van der Waals surface area contributed by atoms with E-state index >= 15 is 0 Å². The van der Waals surface area contributed by atoms with Crippen molar-refractivity contribution in [1.29, 1.82) is 0 Å². The number of nitro benzene ring substituents is 1. The van der Waals surface area contributed by atoms with E-state index in [0.717, 1.165) is 28.8 Å². The van der Waals surface area contributed by atoms with Crippen LogP contribution >= 0.6 is 11.8 Å². The fourth-order valence-electron chi connectivity index (χ4n) is 2.89. The summed E-state index contributed by atoms with van der Waals surface area (Å²) in [5.41, 5.74) is -0.230. The molecule has 4 rings (SSSR count). The lowest BCUT2D eigenvalue weighted by Gasteiger charge is -2.24. The number of carbonyl (C=O) groups excluding carboxylic acids is 1. The molecule has 0 N–H and O–H groups in total. The Morgan fingerprint density at radius 1 is 1.19 bits per heavy atom. The highest BCUT2D eigenvalue weighted by Crippen LogP contribution is 2.49.